The summed E-state index contributed by atoms with van der Waals surface area (Å²) in [7, 11) is 0. The number of fused-ring (bicyclic) bond motifs is 5. The van der Waals surface area contributed by atoms with E-state index in [1.807, 2.05) is 66.7 Å². The zero-order chi connectivity index (χ0) is 35.8. The molecule has 0 amide bonds. The lowest BCUT2D eigenvalue weighted by Crippen LogP contribution is -2.10. The molecule has 0 spiro atoms. The van der Waals surface area contributed by atoms with Gasteiger partial charge in [0.1, 0.15) is 11.2 Å². The number of hydrogen-bond acceptors (Lipinski definition) is 5. The Labute approximate surface area is 312 Å². The van der Waals surface area contributed by atoms with Crippen LogP contribution in [0.2, 0.25) is 0 Å². The molecule has 5 heteroatoms. The van der Waals surface area contributed by atoms with Gasteiger partial charge < -0.3 is 9.32 Å². The van der Waals surface area contributed by atoms with Crippen LogP contribution in [0.15, 0.2) is 199 Å². The van der Waals surface area contributed by atoms with Crippen LogP contribution in [0.5, 0.6) is 0 Å². The molecule has 0 unspecified atom stereocenters. The fraction of sp³-hybridized carbons (Fsp3) is 0. The first-order valence-corrected chi connectivity index (χ1v) is 18.0. The summed E-state index contributed by atoms with van der Waals surface area (Å²) in [6.45, 7) is 0. The summed E-state index contributed by atoms with van der Waals surface area (Å²) in [6.07, 6.45) is 0. The van der Waals surface area contributed by atoms with Crippen LogP contribution in [0.1, 0.15) is 0 Å². The smallest absolute Gasteiger partial charge is 0.164 e. The number of aromatic nitrogens is 3. The zero-order valence-electron chi connectivity index (χ0n) is 29.2. The lowest BCUT2D eigenvalue weighted by molar-refractivity contribution is 0.672. The highest BCUT2D eigenvalue weighted by molar-refractivity contribution is 6.22. The Morgan fingerprint density at radius 2 is 0.870 bits per heavy atom. The lowest BCUT2D eigenvalue weighted by atomic mass is 9.98. The van der Waals surface area contributed by atoms with E-state index < -0.39 is 0 Å². The summed E-state index contributed by atoms with van der Waals surface area (Å²) in [5, 5.41) is 4.00. The first-order valence-electron chi connectivity index (χ1n) is 18.0. The Hall–Kier alpha value is -7.37. The second-order valence-corrected chi connectivity index (χ2v) is 13.2. The molecule has 0 saturated heterocycles. The van der Waals surface area contributed by atoms with E-state index in [-0.39, 0.29) is 0 Å². The van der Waals surface area contributed by atoms with E-state index in [4.69, 9.17) is 19.4 Å². The Kier molecular flexibility index (Phi) is 7.73. The molecule has 54 heavy (non-hydrogen) atoms. The number of nitrogens with zero attached hydrogens (tertiary/aromatic N) is 4. The second kappa shape index (κ2) is 13.3. The van der Waals surface area contributed by atoms with E-state index >= 15 is 0 Å². The van der Waals surface area contributed by atoms with Crippen LogP contribution in [0, 0.1) is 0 Å². The maximum atomic E-state index is 6.80. The van der Waals surface area contributed by atoms with Crippen molar-refractivity contribution in [3.05, 3.63) is 194 Å². The minimum atomic E-state index is 0.601. The molecule has 0 aliphatic carbocycles. The molecule has 0 fully saturated rings. The Morgan fingerprint density at radius 3 is 1.50 bits per heavy atom. The summed E-state index contributed by atoms with van der Waals surface area (Å²) < 4.78 is 6.80. The van der Waals surface area contributed by atoms with Crippen LogP contribution >= 0.6 is 0 Å². The molecule has 0 aliphatic heterocycles. The van der Waals surface area contributed by atoms with E-state index in [2.05, 4.69) is 132 Å². The maximum Gasteiger partial charge on any atom is 0.164 e. The summed E-state index contributed by atoms with van der Waals surface area (Å²) in [6, 6.07) is 66.8. The van der Waals surface area contributed by atoms with E-state index in [1.165, 1.54) is 5.56 Å². The normalized spacial score (nSPS) is 11.3. The second-order valence-electron chi connectivity index (χ2n) is 13.2. The summed E-state index contributed by atoms with van der Waals surface area (Å²) in [5.41, 5.74) is 9.84. The predicted octanol–water partition coefficient (Wildman–Crippen LogP) is 13.1. The van der Waals surface area contributed by atoms with E-state index in [9.17, 15) is 0 Å². The third-order valence-electron chi connectivity index (χ3n) is 9.91. The molecule has 5 nitrogen and oxygen atoms in total. The van der Waals surface area contributed by atoms with Crippen molar-refractivity contribution >= 4 is 49.8 Å². The van der Waals surface area contributed by atoms with Gasteiger partial charge in [-0.05, 0) is 59.0 Å². The molecule has 10 aromatic rings. The predicted molar refractivity (Wildman–Crippen MR) is 221 cm³/mol. The van der Waals surface area contributed by atoms with Gasteiger partial charge in [-0.25, -0.2) is 15.0 Å². The van der Waals surface area contributed by atoms with Gasteiger partial charge in [0.25, 0.3) is 0 Å². The van der Waals surface area contributed by atoms with Crippen LogP contribution in [-0.2, 0) is 0 Å². The summed E-state index contributed by atoms with van der Waals surface area (Å²) >= 11 is 0. The summed E-state index contributed by atoms with van der Waals surface area (Å²) in [4.78, 5) is 17.6. The van der Waals surface area contributed by atoms with Crippen LogP contribution < -0.4 is 4.90 Å². The van der Waals surface area contributed by atoms with Gasteiger partial charge in [-0.15, -0.1) is 0 Å². The molecule has 2 aromatic heterocycles. The molecule has 0 saturated carbocycles. The average molecular weight is 693 g/mol. The van der Waals surface area contributed by atoms with Crippen molar-refractivity contribution in [3.63, 3.8) is 0 Å². The molecule has 254 valence electrons. The SMILES string of the molecule is c1ccc(-c2ccc(N(c3ccccc3)c3cccc4oc5c6ccccc6c(-c6nc(-c7ccccc7)nc(-c7ccccc7)n6)cc5c34)cc2)cc1. The molecule has 0 radical (unpaired) electrons. The number of hydrogen-bond donors (Lipinski definition) is 0. The van der Waals surface area contributed by atoms with Gasteiger partial charge in [0.2, 0.25) is 0 Å². The van der Waals surface area contributed by atoms with Crippen molar-refractivity contribution < 1.29 is 4.42 Å². The largest absolute Gasteiger partial charge is 0.455 e. The number of anilines is 3. The van der Waals surface area contributed by atoms with Gasteiger partial charge >= 0.3 is 0 Å². The standard InChI is InChI=1S/C49H32N4O/c1-5-16-33(17-6-1)34-28-30-38(31-29-34)53(37-22-11-4-12-23-37)43-26-15-27-44-45(43)42-32-41(39-24-13-14-25-40(39)46(42)54-44)49-51-47(35-18-7-2-8-19-35)50-48(52-49)36-20-9-3-10-21-36/h1-32H. The third kappa shape index (κ3) is 5.56. The third-order valence-corrected chi connectivity index (χ3v) is 9.91. The molecule has 0 aliphatic rings. The minimum absolute atomic E-state index is 0.601. The van der Waals surface area contributed by atoms with Crippen molar-refractivity contribution in [3.8, 4) is 45.3 Å². The molecule has 0 bridgehead atoms. The van der Waals surface area contributed by atoms with Crippen LogP contribution in [-0.4, -0.2) is 15.0 Å². The lowest BCUT2D eigenvalue weighted by Gasteiger charge is -2.26. The van der Waals surface area contributed by atoms with Gasteiger partial charge in [-0.2, -0.15) is 0 Å². The monoisotopic (exact) mass is 692 g/mol. The Balaban J connectivity index is 1.22. The van der Waals surface area contributed by atoms with Crippen molar-refractivity contribution in [1.82, 2.24) is 15.0 Å². The number of rotatable bonds is 7. The minimum Gasteiger partial charge on any atom is -0.455 e. The van der Waals surface area contributed by atoms with Gasteiger partial charge in [-0.3, -0.25) is 0 Å². The molecule has 0 N–H and O–H groups in total. The van der Waals surface area contributed by atoms with Gasteiger partial charge in [0.15, 0.2) is 17.5 Å². The highest BCUT2D eigenvalue weighted by Gasteiger charge is 2.23. The molecular formula is C49H32N4O. The van der Waals surface area contributed by atoms with E-state index in [0.717, 1.165) is 72.0 Å². The van der Waals surface area contributed by atoms with Crippen molar-refractivity contribution in [2.75, 3.05) is 4.90 Å². The number of furan rings is 1. The van der Waals surface area contributed by atoms with Crippen molar-refractivity contribution in [2.24, 2.45) is 0 Å². The van der Waals surface area contributed by atoms with E-state index in [0.29, 0.717) is 17.5 Å². The summed E-state index contributed by atoms with van der Waals surface area (Å²) in [5.74, 6) is 1.84. The molecule has 2 heterocycles. The quantitative estimate of drug-likeness (QED) is 0.166. The Bertz CT molecular complexity index is 2850. The first kappa shape index (κ1) is 31.4. The maximum absolute atomic E-state index is 6.80. The molecule has 0 atom stereocenters. The van der Waals surface area contributed by atoms with Crippen LogP contribution in [0.25, 0.3) is 78.0 Å². The van der Waals surface area contributed by atoms with Crippen molar-refractivity contribution in [2.45, 2.75) is 0 Å². The van der Waals surface area contributed by atoms with Gasteiger partial charge in [-0.1, -0.05) is 152 Å². The highest BCUT2D eigenvalue weighted by Crippen LogP contribution is 2.46. The highest BCUT2D eigenvalue weighted by atomic mass is 16.3. The van der Waals surface area contributed by atoms with Crippen LogP contribution in [0.3, 0.4) is 0 Å². The topological polar surface area (TPSA) is 55.1 Å². The van der Waals surface area contributed by atoms with E-state index in [1.54, 1.807) is 0 Å². The fourth-order valence-corrected chi connectivity index (χ4v) is 7.37. The molecule has 10 rings (SSSR count). The number of para-hydroxylation sites is 1. The fourth-order valence-electron chi connectivity index (χ4n) is 7.37. The van der Waals surface area contributed by atoms with Crippen LogP contribution in [0.4, 0.5) is 17.1 Å². The Morgan fingerprint density at radius 1 is 0.370 bits per heavy atom. The van der Waals surface area contributed by atoms with Crippen molar-refractivity contribution in [1.29, 1.82) is 0 Å². The van der Waals surface area contributed by atoms with Gasteiger partial charge in [0, 0.05) is 38.8 Å². The zero-order valence-corrected chi connectivity index (χ0v) is 29.2. The molecule has 8 aromatic carbocycles. The average Bonchev–Trinajstić information content (AvgIpc) is 3.65. The molecular weight excluding hydrogens is 661 g/mol. The van der Waals surface area contributed by atoms with Gasteiger partial charge in [0.05, 0.1) is 11.1 Å². The first-order chi connectivity index (χ1) is 26.8. The number of benzene rings is 8.